The number of Topliss-reactive ketones (excluding diaryl/α,β-unsaturated/α-hetero) is 2. The van der Waals surface area contributed by atoms with Crippen LogP contribution in [0.5, 0.6) is 0 Å². The van der Waals surface area contributed by atoms with Gasteiger partial charge in [-0.25, -0.2) is 19.2 Å². The summed E-state index contributed by atoms with van der Waals surface area (Å²) in [5, 5.41) is 12.0. The number of benzene rings is 1. The van der Waals surface area contributed by atoms with Gasteiger partial charge in [-0.2, -0.15) is 0 Å². The van der Waals surface area contributed by atoms with Crippen LogP contribution in [0.25, 0.3) is 0 Å². The first-order valence-corrected chi connectivity index (χ1v) is 19.8. The van der Waals surface area contributed by atoms with Gasteiger partial charge in [0.2, 0.25) is 11.8 Å². The molecule has 5 amide bonds. The fraction of sp³-hybridized carbons (Fsp3) is 0.529. The smallest absolute Gasteiger partial charge is 0.414 e. The summed E-state index contributed by atoms with van der Waals surface area (Å²) in [6, 6.07) is 1.07. The van der Waals surface area contributed by atoms with Crippen LogP contribution in [-0.2, 0) is 57.4 Å². The van der Waals surface area contributed by atoms with Crippen molar-refractivity contribution in [2.24, 2.45) is 0 Å². The van der Waals surface area contributed by atoms with Gasteiger partial charge in [0.25, 0.3) is 23.4 Å². The number of carbonyl (C=O) groups excluding carboxylic acids is 9. The summed E-state index contributed by atoms with van der Waals surface area (Å²) in [6.45, 7) is 7.14. The predicted octanol–water partition coefficient (Wildman–Crippen LogP) is -0.282. The molecule has 0 spiro atoms. The molecule has 0 saturated carbocycles. The average molecular weight is 834 g/mol. The number of nitrogens with one attached hydrogen (secondary N) is 2. The Morgan fingerprint density at radius 3 is 1.66 bits per heavy atom. The van der Waals surface area contributed by atoms with E-state index in [0.717, 1.165) is 33.3 Å². The third-order valence-corrected chi connectivity index (χ3v) is 14.8. The van der Waals surface area contributed by atoms with E-state index in [4.69, 9.17) is 14.2 Å². The highest BCUT2D eigenvalue weighted by molar-refractivity contribution is 8.03. The molecular formula is C34H35N5O14S3. The highest BCUT2D eigenvalue weighted by Gasteiger charge is 2.67. The zero-order valence-corrected chi connectivity index (χ0v) is 32.9. The summed E-state index contributed by atoms with van der Waals surface area (Å²) in [4.78, 5) is 132. The summed E-state index contributed by atoms with van der Waals surface area (Å²) in [6.07, 6.45) is -1.47. The SMILES string of the molecule is CC1(C)S[C@@H]2C(=O)C(=O)N2[C@H]1C(=O)OC(OC(=O)NC(C(=O)NC1C(=O)N2[C@@H]1SC(C)(C)[C@@H]2C(=O)O)c1ccccc1)OC(=O)[C@@H]1N2C(=O)C(=O)[C@H]2SC1(C)C. The molecule has 0 radical (unpaired) electrons. The quantitative estimate of drug-likeness (QED) is 0.119. The molecule has 19 nitrogen and oxygen atoms in total. The molecule has 6 saturated heterocycles. The van der Waals surface area contributed by atoms with Crippen molar-refractivity contribution < 1.29 is 67.3 Å². The minimum absolute atomic E-state index is 0.201. The molecule has 0 bridgehead atoms. The van der Waals surface area contributed by atoms with E-state index in [9.17, 15) is 53.1 Å². The first-order chi connectivity index (χ1) is 26.1. The maximum Gasteiger partial charge on any atom is 0.414 e. The number of carboxylic acid groups (broad SMARTS) is 1. The Kier molecular flexibility index (Phi) is 9.42. The monoisotopic (exact) mass is 833 g/mol. The zero-order chi connectivity index (χ0) is 41.0. The van der Waals surface area contributed by atoms with Gasteiger partial charge in [-0.1, -0.05) is 30.3 Å². The van der Waals surface area contributed by atoms with Crippen LogP contribution >= 0.6 is 35.3 Å². The van der Waals surface area contributed by atoms with Crippen molar-refractivity contribution in [2.75, 3.05) is 0 Å². The van der Waals surface area contributed by atoms with Crippen molar-refractivity contribution in [1.82, 2.24) is 25.3 Å². The summed E-state index contributed by atoms with van der Waals surface area (Å²) >= 11 is 3.24. The van der Waals surface area contributed by atoms with Crippen LogP contribution in [0, 0.1) is 0 Å². The van der Waals surface area contributed by atoms with Crippen LogP contribution in [0.4, 0.5) is 4.79 Å². The van der Waals surface area contributed by atoms with Crippen molar-refractivity contribution in [3.63, 3.8) is 0 Å². The summed E-state index contributed by atoms with van der Waals surface area (Å²) in [5.74, 6) is -8.51. The van der Waals surface area contributed by atoms with Crippen LogP contribution in [0.1, 0.15) is 53.1 Å². The van der Waals surface area contributed by atoms with Crippen LogP contribution < -0.4 is 10.6 Å². The Balaban J connectivity index is 1.11. The molecule has 22 heteroatoms. The highest BCUT2D eigenvalue weighted by atomic mass is 32.2. The van der Waals surface area contributed by atoms with Gasteiger partial charge in [-0.05, 0) is 47.1 Å². The largest absolute Gasteiger partial charge is 0.480 e. The van der Waals surface area contributed by atoms with Crippen LogP contribution in [0.3, 0.4) is 0 Å². The second-order valence-electron chi connectivity index (χ2n) is 15.2. The molecule has 6 heterocycles. The number of rotatable bonds is 10. The molecule has 7 rings (SSSR count). The number of carbonyl (C=O) groups is 10. The average Bonchev–Trinajstić information content (AvgIpc) is 3.66. The Hall–Kier alpha value is -4.83. The topological polar surface area (TPSA) is 252 Å². The van der Waals surface area contributed by atoms with E-state index in [-0.39, 0.29) is 5.56 Å². The van der Waals surface area contributed by atoms with E-state index < -0.39 is 126 Å². The number of carboxylic acids is 1. The van der Waals surface area contributed by atoms with Crippen LogP contribution in [0.2, 0.25) is 0 Å². The van der Waals surface area contributed by atoms with Gasteiger partial charge in [-0.15, -0.1) is 35.3 Å². The first-order valence-electron chi connectivity index (χ1n) is 17.1. The van der Waals surface area contributed by atoms with E-state index in [1.165, 1.54) is 28.8 Å². The van der Waals surface area contributed by atoms with E-state index in [1.807, 2.05) is 0 Å². The number of ketones is 2. The minimum Gasteiger partial charge on any atom is -0.480 e. The fourth-order valence-corrected chi connectivity index (χ4v) is 12.2. The molecule has 6 aliphatic heterocycles. The van der Waals surface area contributed by atoms with Crippen molar-refractivity contribution in [1.29, 1.82) is 0 Å². The molecule has 1 aromatic rings. The molecule has 6 aliphatic rings. The van der Waals surface area contributed by atoms with E-state index in [2.05, 4.69) is 10.6 Å². The molecule has 6 fully saturated rings. The first kappa shape index (κ1) is 39.4. The lowest BCUT2D eigenvalue weighted by molar-refractivity contribution is -0.251. The lowest BCUT2D eigenvalue weighted by atomic mass is 9.95. The Morgan fingerprint density at radius 2 is 1.18 bits per heavy atom. The number of nitrogens with zero attached hydrogens (tertiary/aromatic N) is 3. The normalized spacial score (nSPS) is 30.6. The molecule has 298 valence electrons. The van der Waals surface area contributed by atoms with Gasteiger partial charge in [0.15, 0.2) is 0 Å². The maximum atomic E-state index is 13.8. The van der Waals surface area contributed by atoms with Gasteiger partial charge in [0.1, 0.15) is 46.3 Å². The molecule has 3 N–H and O–H groups in total. The third kappa shape index (κ3) is 6.15. The third-order valence-electron chi connectivity index (χ3n) is 10.3. The molecule has 0 aromatic heterocycles. The second kappa shape index (κ2) is 13.4. The number of hydrogen-bond acceptors (Lipinski definition) is 16. The van der Waals surface area contributed by atoms with E-state index in [1.54, 1.807) is 59.7 Å². The van der Waals surface area contributed by atoms with E-state index in [0.29, 0.717) is 0 Å². The fourth-order valence-electron chi connectivity index (χ4n) is 7.65. The van der Waals surface area contributed by atoms with Crippen LogP contribution in [0.15, 0.2) is 30.3 Å². The Labute approximate surface area is 330 Å². The number of fused-ring (bicyclic) bond motifs is 3. The number of amides is 5. The summed E-state index contributed by atoms with van der Waals surface area (Å²) in [5.41, 5.74) is 0.201. The van der Waals surface area contributed by atoms with Gasteiger partial charge < -0.3 is 44.7 Å². The lowest BCUT2D eigenvalue weighted by Crippen LogP contribution is -2.71. The maximum absolute atomic E-state index is 13.8. The Bertz CT molecular complexity index is 1940. The minimum atomic E-state index is -2.49. The molecule has 0 aliphatic carbocycles. The highest BCUT2D eigenvalue weighted by Crippen LogP contribution is 2.52. The molecule has 2 unspecified atom stereocenters. The zero-order valence-electron chi connectivity index (χ0n) is 30.4. The Morgan fingerprint density at radius 1 is 0.696 bits per heavy atom. The van der Waals surface area contributed by atoms with E-state index >= 15 is 0 Å². The molecule has 1 aromatic carbocycles. The van der Waals surface area contributed by atoms with Gasteiger partial charge in [0.05, 0.1) is 0 Å². The number of aliphatic carboxylic acids is 1. The van der Waals surface area contributed by atoms with Crippen molar-refractivity contribution in [2.45, 2.75) is 109 Å². The molecular weight excluding hydrogens is 799 g/mol. The van der Waals surface area contributed by atoms with Crippen molar-refractivity contribution >= 4 is 94.5 Å². The number of alkyl carbamates (subject to hydrolysis) is 1. The molecule has 8 atom stereocenters. The predicted molar refractivity (Wildman–Crippen MR) is 193 cm³/mol. The van der Waals surface area contributed by atoms with Gasteiger partial charge >= 0.3 is 30.5 Å². The lowest BCUT2D eigenvalue weighted by Gasteiger charge is -2.44. The van der Waals surface area contributed by atoms with Crippen LogP contribution in [-0.4, -0.2) is 140 Å². The summed E-state index contributed by atoms with van der Waals surface area (Å²) in [7, 11) is 0. The number of β-lactam (4-membered cyclic amide) rings is 3. The summed E-state index contributed by atoms with van der Waals surface area (Å²) < 4.78 is 13.0. The van der Waals surface area contributed by atoms with Crippen molar-refractivity contribution in [3.05, 3.63) is 35.9 Å². The number of thioether (sulfide) groups is 3. The van der Waals surface area contributed by atoms with Gasteiger partial charge in [-0.3, -0.25) is 28.8 Å². The number of hydrogen-bond donors (Lipinski definition) is 3. The standard InChI is InChI=1S/C34H35N5O14S3/c1-32(2)17(27(46)47)37-21(43)14(24(37)54-32)35-20(42)13(12-10-8-7-9-11-12)36-30(50)53-31(51-28(48)18-33(3,4)55-25-15(40)22(44)38(18)25)52-29(49)19-34(5,6)56-26-16(41)23(45)39(19)26/h7-11,13-14,17-19,24-26,31H,1-6H3,(H,35,42)(H,36,50)(H,46,47)/t13?,14?,17-,18-,19-,24+,25+,26+/m0/s1. The van der Waals surface area contributed by atoms with Crippen molar-refractivity contribution in [3.8, 4) is 0 Å². The second-order valence-corrected chi connectivity index (χ2v) is 20.5. The molecule has 56 heavy (non-hydrogen) atoms. The van der Waals surface area contributed by atoms with Gasteiger partial charge in [0, 0.05) is 14.2 Å². The number of esters is 2. The number of ether oxygens (including phenoxy) is 3.